The minimum absolute atomic E-state index is 0.0163. The normalized spacial score (nSPS) is 35.8. The molecule has 1 aliphatic heterocycles. The molecule has 0 spiro atoms. The summed E-state index contributed by atoms with van der Waals surface area (Å²) >= 11 is 0. The molecule has 4 nitrogen and oxygen atoms in total. The maximum absolute atomic E-state index is 12.7. The first kappa shape index (κ1) is 14.4. The molecule has 2 aliphatic rings. The molecule has 2 amide bonds. The van der Waals surface area contributed by atoms with Gasteiger partial charge in [-0.2, -0.15) is 0 Å². The Labute approximate surface area is 115 Å². The highest BCUT2D eigenvalue weighted by Crippen LogP contribution is 2.34. The number of carbonyl (C=O) groups is 2. The van der Waals surface area contributed by atoms with Crippen molar-refractivity contribution in [3.05, 3.63) is 0 Å². The Bertz CT molecular complexity index is 378. The van der Waals surface area contributed by atoms with E-state index in [-0.39, 0.29) is 11.8 Å². The van der Waals surface area contributed by atoms with E-state index < -0.39 is 5.54 Å². The Morgan fingerprint density at radius 3 is 2.58 bits per heavy atom. The van der Waals surface area contributed by atoms with Crippen LogP contribution in [-0.4, -0.2) is 34.8 Å². The van der Waals surface area contributed by atoms with Gasteiger partial charge in [-0.25, -0.2) is 0 Å². The quantitative estimate of drug-likeness (QED) is 0.788. The molecule has 1 saturated carbocycles. The minimum atomic E-state index is -0.770. The monoisotopic (exact) mass is 266 g/mol. The lowest BCUT2D eigenvalue weighted by Crippen LogP contribution is -2.57. The lowest BCUT2D eigenvalue weighted by molar-refractivity contribution is -0.141. The van der Waals surface area contributed by atoms with Crippen LogP contribution in [0.4, 0.5) is 0 Å². The van der Waals surface area contributed by atoms with Gasteiger partial charge in [-0.3, -0.25) is 9.59 Å². The second kappa shape index (κ2) is 5.14. The molecule has 1 N–H and O–H groups in total. The number of hydrogen-bond acceptors (Lipinski definition) is 2. The summed E-state index contributed by atoms with van der Waals surface area (Å²) in [5, 5.41) is 2.83. The SMILES string of the molecule is CC1CCCC(N2CCC(=O)NC(C)(C)C2=O)C1C. The molecule has 2 rings (SSSR count). The van der Waals surface area contributed by atoms with Crippen molar-refractivity contribution in [2.45, 2.75) is 65.0 Å². The zero-order valence-corrected chi connectivity index (χ0v) is 12.5. The van der Waals surface area contributed by atoms with E-state index in [1.807, 2.05) is 18.7 Å². The molecule has 1 aliphatic carbocycles. The van der Waals surface area contributed by atoms with Gasteiger partial charge in [0.1, 0.15) is 5.54 Å². The standard InChI is InChI=1S/C15H26N2O2/c1-10-6-5-7-12(11(10)2)17-9-8-13(18)16-15(3,4)14(17)19/h10-12H,5-9H2,1-4H3,(H,16,18). The van der Waals surface area contributed by atoms with Crippen molar-refractivity contribution >= 4 is 11.8 Å². The van der Waals surface area contributed by atoms with Crippen LogP contribution in [0.1, 0.15) is 53.4 Å². The molecule has 0 radical (unpaired) electrons. The summed E-state index contributed by atoms with van der Waals surface area (Å²) in [5.41, 5.74) is -0.770. The largest absolute Gasteiger partial charge is 0.342 e. The predicted octanol–water partition coefficient (Wildman–Crippen LogP) is 1.94. The van der Waals surface area contributed by atoms with Crippen molar-refractivity contribution in [3.63, 3.8) is 0 Å². The van der Waals surface area contributed by atoms with Gasteiger partial charge in [0.15, 0.2) is 0 Å². The van der Waals surface area contributed by atoms with Crippen LogP contribution >= 0.6 is 0 Å². The van der Waals surface area contributed by atoms with Crippen LogP contribution in [0.2, 0.25) is 0 Å². The second-order valence-electron chi connectivity index (χ2n) is 6.76. The summed E-state index contributed by atoms with van der Waals surface area (Å²) in [4.78, 5) is 26.4. The molecule has 3 unspecified atom stereocenters. The van der Waals surface area contributed by atoms with Crippen LogP contribution in [0, 0.1) is 11.8 Å². The molecule has 4 heteroatoms. The first-order chi connectivity index (χ1) is 8.83. The van der Waals surface area contributed by atoms with Gasteiger partial charge in [0.25, 0.3) is 0 Å². The second-order valence-corrected chi connectivity index (χ2v) is 6.76. The third-order valence-electron chi connectivity index (χ3n) is 4.89. The molecule has 3 atom stereocenters. The number of nitrogens with zero attached hydrogens (tertiary/aromatic N) is 1. The van der Waals surface area contributed by atoms with Gasteiger partial charge in [-0.15, -0.1) is 0 Å². The van der Waals surface area contributed by atoms with Crippen LogP contribution < -0.4 is 5.32 Å². The fraction of sp³-hybridized carbons (Fsp3) is 0.867. The van der Waals surface area contributed by atoms with Crippen LogP contribution in [0.15, 0.2) is 0 Å². The maximum Gasteiger partial charge on any atom is 0.248 e. The molecule has 1 saturated heterocycles. The van der Waals surface area contributed by atoms with Gasteiger partial charge in [0, 0.05) is 19.0 Å². The Kier molecular flexibility index (Phi) is 3.88. The van der Waals surface area contributed by atoms with Crippen molar-refractivity contribution in [3.8, 4) is 0 Å². The summed E-state index contributed by atoms with van der Waals surface area (Å²) in [5.74, 6) is 1.23. The van der Waals surface area contributed by atoms with E-state index in [1.54, 1.807) is 0 Å². The van der Waals surface area contributed by atoms with Gasteiger partial charge >= 0.3 is 0 Å². The van der Waals surface area contributed by atoms with Gasteiger partial charge in [0.2, 0.25) is 11.8 Å². The van der Waals surface area contributed by atoms with Crippen molar-refractivity contribution in [1.29, 1.82) is 0 Å². The fourth-order valence-corrected chi connectivity index (χ4v) is 3.46. The van der Waals surface area contributed by atoms with E-state index in [2.05, 4.69) is 19.2 Å². The highest BCUT2D eigenvalue weighted by molar-refractivity contribution is 5.93. The van der Waals surface area contributed by atoms with Gasteiger partial charge in [0.05, 0.1) is 0 Å². The predicted molar refractivity (Wildman–Crippen MR) is 74.5 cm³/mol. The third kappa shape index (κ3) is 2.77. The van der Waals surface area contributed by atoms with Crippen LogP contribution in [0.5, 0.6) is 0 Å². The Hall–Kier alpha value is -1.06. The van der Waals surface area contributed by atoms with Crippen LogP contribution in [-0.2, 0) is 9.59 Å². The first-order valence-electron chi connectivity index (χ1n) is 7.45. The zero-order chi connectivity index (χ0) is 14.2. The number of nitrogens with one attached hydrogen (secondary N) is 1. The lowest BCUT2D eigenvalue weighted by atomic mass is 9.77. The van der Waals surface area contributed by atoms with E-state index in [0.717, 1.165) is 6.42 Å². The maximum atomic E-state index is 12.7. The minimum Gasteiger partial charge on any atom is -0.342 e. The van der Waals surface area contributed by atoms with Crippen molar-refractivity contribution in [2.24, 2.45) is 11.8 Å². The Morgan fingerprint density at radius 1 is 1.21 bits per heavy atom. The van der Waals surface area contributed by atoms with Gasteiger partial charge in [-0.05, 0) is 32.1 Å². The highest BCUT2D eigenvalue weighted by Gasteiger charge is 2.42. The topological polar surface area (TPSA) is 49.4 Å². The molecule has 0 aromatic carbocycles. The van der Waals surface area contributed by atoms with E-state index >= 15 is 0 Å². The van der Waals surface area contributed by atoms with Crippen molar-refractivity contribution < 1.29 is 9.59 Å². The van der Waals surface area contributed by atoms with E-state index in [1.165, 1.54) is 12.8 Å². The molecule has 108 valence electrons. The van der Waals surface area contributed by atoms with Gasteiger partial charge < -0.3 is 10.2 Å². The summed E-state index contributed by atoms with van der Waals surface area (Å²) in [7, 11) is 0. The molecule has 1 heterocycles. The summed E-state index contributed by atoms with van der Waals surface area (Å²) in [6.45, 7) is 8.70. The molecule has 0 aromatic heterocycles. The van der Waals surface area contributed by atoms with E-state index in [4.69, 9.17) is 0 Å². The van der Waals surface area contributed by atoms with Crippen LogP contribution in [0.3, 0.4) is 0 Å². The molecule has 19 heavy (non-hydrogen) atoms. The molecule has 0 bridgehead atoms. The fourth-order valence-electron chi connectivity index (χ4n) is 3.46. The number of hydrogen-bond donors (Lipinski definition) is 1. The van der Waals surface area contributed by atoms with Gasteiger partial charge in [-0.1, -0.05) is 26.7 Å². The number of rotatable bonds is 1. The van der Waals surface area contributed by atoms with Crippen molar-refractivity contribution in [1.82, 2.24) is 10.2 Å². The molecule has 2 fully saturated rings. The third-order valence-corrected chi connectivity index (χ3v) is 4.89. The molecular weight excluding hydrogens is 240 g/mol. The van der Waals surface area contributed by atoms with E-state index in [9.17, 15) is 9.59 Å². The number of carbonyl (C=O) groups excluding carboxylic acids is 2. The Morgan fingerprint density at radius 2 is 1.89 bits per heavy atom. The van der Waals surface area contributed by atoms with E-state index in [0.29, 0.717) is 30.8 Å². The number of amides is 2. The summed E-state index contributed by atoms with van der Waals surface area (Å²) in [6, 6.07) is 0.295. The first-order valence-corrected chi connectivity index (χ1v) is 7.45. The van der Waals surface area contributed by atoms with Crippen molar-refractivity contribution in [2.75, 3.05) is 6.54 Å². The average Bonchev–Trinajstić information content (AvgIpc) is 2.42. The highest BCUT2D eigenvalue weighted by atomic mass is 16.2. The Balaban J connectivity index is 2.22. The average molecular weight is 266 g/mol. The summed E-state index contributed by atoms with van der Waals surface area (Å²) in [6.07, 6.45) is 3.93. The molecule has 0 aromatic rings. The zero-order valence-electron chi connectivity index (χ0n) is 12.5. The molecular formula is C15H26N2O2. The van der Waals surface area contributed by atoms with Crippen LogP contribution in [0.25, 0.3) is 0 Å². The lowest BCUT2D eigenvalue weighted by Gasteiger charge is -2.43. The summed E-state index contributed by atoms with van der Waals surface area (Å²) < 4.78 is 0. The smallest absolute Gasteiger partial charge is 0.248 e.